The number of phenolic OH excluding ortho intramolecular Hbond substituents is 1. The maximum atomic E-state index is 9.88. The molecule has 2 rings (SSSR count). The number of aliphatic hydroxyl groups is 1. The molecule has 1 aliphatic carbocycles. The summed E-state index contributed by atoms with van der Waals surface area (Å²) in [5.41, 5.74) is 1.94. The van der Waals surface area contributed by atoms with Crippen LogP contribution in [0.1, 0.15) is 36.5 Å². The van der Waals surface area contributed by atoms with Crippen molar-refractivity contribution < 1.29 is 14.9 Å². The van der Waals surface area contributed by atoms with Crippen molar-refractivity contribution in [2.75, 3.05) is 7.11 Å². The highest BCUT2D eigenvalue weighted by atomic mass is 16.5. The lowest BCUT2D eigenvalue weighted by molar-refractivity contribution is 0.166. The number of benzene rings is 1. The van der Waals surface area contributed by atoms with Crippen LogP contribution in [0.25, 0.3) is 0 Å². The third kappa shape index (κ3) is 1.92. The quantitative estimate of drug-likeness (QED) is 0.695. The van der Waals surface area contributed by atoms with Gasteiger partial charge in [-0.15, -0.1) is 0 Å². The average molecular weight is 208 g/mol. The largest absolute Gasteiger partial charge is 0.504 e. The van der Waals surface area contributed by atoms with Crippen molar-refractivity contribution in [3.05, 3.63) is 23.3 Å². The van der Waals surface area contributed by atoms with Crippen LogP contribution in [0, 0.1) is 0 Å². The van der Waals surface area contributed by atoms with Crippen molar-refractivity contribution in [2.24, 2.45) is 0 Å². The van der Waals surface area contributed by atoms with Crippen LogP contribution in [0.3, 0.4) is 0 Å². The molecule has 0 saturated carbocycles. The molecular formula is C12H16O3. The third-order valence-electron chi connectivity index (χ3n) is 2.97. The SMILES string of the molecule is COc1cc2c(cc1O)[C@H](O)CCCC2. The molecular weight excluding hydrogens is 192 g/mol. The molecule has 0 aliphatic heterocycles. The van der Waals surface area contributed by atoms with Gasteiger partial charge in [-0.3, -0.25) is 0 Å². The zero-order chi connectivity index (χ0) is 10.8. The highest BCUT2D eigenvalue weighted by molar-refractivity contribution is 5.47. The molecule has 3 nitrogen and oxygen atoms in total. The molecule has 0 heterocycles. The molecule has 15 heavy (non-hydrogen) atoms. The Morgan fingerprint density at radius 2 is 2.13 bits per heavy atom. The lowest BCUT2D eigenvalue weighted by Gasteiger charge is -2.14. The predicted molar refractivity (Wildman–Crippen MR) is 57.2 cm³/mol. The number of ether oxygens (including phenoxy) is 1. The second-order valence-electron chi connectivity index (χ2n) is 3.98. The minimum atomic E-state index is -0.445. The van der Waals surface area contributed by atoms with Gasteiger partial charge in [0.1, 0.15) is 0 Å². The Morgan fingerprint density at radius 3 is 2.87 bits per heavy atom. The van der Waals surface area contributed by atoms with Crippen molar-refractivity contribution in [1.29, 1.82) is 0 Å². The normalized spacial score (nSPS) is 20.5. The average Bonchev–Trinajstić information content (AvgIpc) is 2.40. The summed E-state index contributed by atoms with van der Waals surface area (Å²) in [5, 5.41) is 19.5. The van der Waals surface area contributed by atoms with Crippen molar-refractivity contribution >= 4 is 0 Å². The fourth-order valence-corrected chi connectivity index (χ4v) is 2.13. The van der Waals surface area contributed by atoms with Gasteiger partial charge < -0.3 is 14.9 Å². The lowest BCUT2D eigenvalue weighted by atomic mass is 10.0. The van der Waals surface area contributed by atoms with Crippen molar-refractivity contribution in [2.45, 2.75) is 31.8 Å². The van der Waals surface area contributed by atoms with E-state index in [-0.39, 0.29) is 5.75 Å². The van der Waals surface area contributed by atoms with E-state index in [4.69, 9.17) is 4.74 Å². The number of phenols is 1. The molecule has 0 radical (unpaired) electrons. The molecule has 0 bridgehead atoms. The van der Waals surface area contributed by atoms with Gasteiger partial charge in [0.05, 0.1) is 13.2 Å². The summed E-state index contributed by atoms with van der Waals surface area (Å²) in [5.74, 6) is 0.597. The van der Waals surface area contributed by atoms with Crippen molar-refractivity contribution in [3.63, 3.8) is 0 Å². The van der Waals surface area contributed by atoms with Crippen LogP contribution in [-0.2, 0) is 6.42 Å². The van der Waals surface area contributed by atoms with Gasteiger partial charge in [-0.1, -0.05) is 6.42 Å². The number of aryl methyl sites for hydroxylation is 1. The summed E-state index contributed by atoms with van der Waals surface area (Å²) in [4.78, 5) is 0. The number of rotatable bonds is 1. The molecule has 1 aromatic rings. The first kappa shape index (κ1) is 10.3. The summed E-state index contributed by atoms with van der Waals surface area (Å²) in [7, 11) is 1.54. The Bertz CT molecular complexity index is 360. The summed E-state index contributed by atoms with van der Waals surface area (Å²) in [6, 6.07) is 3.46. The van der Waals surface area contributed by atoms with Gasteiger partial charge in [-0.25, -0.2) is 0 Å². The van der Waals surface area contributed by atoms with Gasteiger partial charge in [-0.05, 0) is 42.5 Å². The maximum absolute atomic E-state index is 9.88. The van der Waals surface area contributed by atoms with Gasteiger partial charge in [0.2, 0.25) is 0 Å². The van der Waals surface area contributed by atoms with E-state index in [1.165, 1.54) is 7.11 Å². The minimum absolute atomic E-state index is 0.109. The van der Waals surface area contributed by atoms with Crippen LogP contribution in [-0.4, -0.2) is 17.3 Å². The molecule has 0 spiro atoms. The number of aliphatic hydroxyl groups excluding tert-OH is 1. The van der Waals surface area contributed by atoms with Gasteiger partial charge in [-0.2, -0.15) is 0 Å². The summed E-state index contributed by atoms with van der Waals surface area (Å²) in [6.07, 6.45) is 3.39. The topological polar surface area (TPSA) is 49.7 Å². The van der Waals surface area contributed by atoms with Crippen LogP contribution in [0.4, 0.5) is 0 Å². The molecule has 2 N–H and O–H groups in total. The second kappa shape index (κ2) is 4.11. The van der Waals surface area contributed by atoms with Crippen LogP contribution in [0.5, 0.6) is 11.5 Å². The van der Waals surface area contributed by atoms with Crippen molar-refractivity contribution in [1.82, 2.24) is 0 Å². The highest BCUT2D eigenvalue weighted by Crippen LogP contribution is 2.36. The number of fused-ring (bicyclic) bond motifs is 1. The highest BCUT2D eigenvalue weighted by Gasteiger charge is 2.18. The first-order chi connectivity index (χ1) is 7.22. The van der Waals surface area contributed by atoms with Gasteiger partial charge >= 0.3 is 0 Å². The van der Waals surface area contributed by atoms with Crippen LogP contribution < -0.4 is 4.74 Å². The number of methoxy groups -OCH3 is 1. The Hall–Kier alpha value is -1.22. The van der Waals surface area contributed by atoms with Crippen LogP contribution >= 0.6 is 0 Å². The molecule has 1 aliphatic rings. The summed E-state index contributed by atoms with van der Waals surface area (Å²) in [6.45, 7) is 0. The summed E-state index contributed by atoms with van der Waals surface area (Å²) < 4.78 is 5.06. The predicted octanol–water partition coefficient (Wildman–Crippen LogP) is 2.16. The van der Waals surface area contributed by atoms with Gasteiger partial charge in [0, 0.05) is 0 Å². The van der Waals surface area contributed by atoms with Crippen LogP contribution in [0.15, 0.2) is 12.1 Å². The van der Waals surface area contributed by atoms with E-state index in [1.54, 1.807) is 6.07 Å². The molecule has 3 heteroatoms. The van der Waals surface area contributed by atoms with E-state index in [0.29, 0.717) is 5.75 Å². The Balaban J connectivity index is 2.46. The smallest absolute Gasteiger partial charge is 0.160 e. The molecule has 0 unspecified atom stereocenters. The van der Waals surface area contributed by atoms with E-state index in [9.17, 15) is 10.2 Å². The Morgan fingerprint density at radius 1 is 1.33 bits per heavy atom. The zero-order valence-corrected chi connectivity index (χ0v) is 8.86. The van der Waals surface area contributed by atoms with Crippen molar-refractivity contribution in [3.8, 4) is 11.5 Å². The molecule has 1 aromatic carbocycles. The van der Waals surface area contributed by atoms with Gasteiger partial charge in [0.25, 0.3) is 0 Å². The first-order valence-corrected chi connectivity index (χ1v) is 5.30. The fourth-order valence-electron chi connectivity index (χ4n) is 2.13. The van der Waals surface area contributed by atoms with E-state index < -0.39 is 6.10 Å². The van der Waals surface area contributed by atoms with E-state index in [2.05, 4.69) is 0 Å². The number of aromatic hydroxyl groups is 1. The Labute approximate surface area is 89.3 Å². The molecule has 0 fully saturated rings. The molecule has 82 valence electrons. The minimum Gasteiger partial charge on any atom is -0.504 e. The second-order valence-corrected chi connectivity index (χ2v) is 3.98. The lowest BCUT2D eigenvalue weighted by Crippen LogP contribution is -1.99. The monoisotopic (exact) mass is 208 g/mol. The van der Waals surface area contributed by atoms with E-state index in [1.807, 2.05) is 6.07 Å². The van der Waals surface area contributed by atoms with Crippen LogP contribution in [0.2, 0.25) is 0 Å². The molecule has 0 saturated heterocycles. The molecule has 1 atom stereocenters. The molecule has 0 amide bonds. The van der Waals surface area contributed by atoms with E-state index >= 15 is 0 Å². The fraction of sp³-hybridized carbons (Fsp3) is 0.500. The number of hydrogen-bond acceptors (Lipinski definition) is 3. The first-order valence-electron chi connectivity index (χ1n) is 5.30. The Kier molecular flexibility index (Phi) is 2.82. The third-order valence-corrected chi connectivity index (χ3v) is 2.97. The number of hydrogen-bond donors (Lipinski definition) is 2. The van der Waals surface area contributed by atoms with E-state index in [0.717, 1.165) is 36.8 Å². The maximum Gasteiger partial charge on any atom is 0.160 e. The summed E-state index contributed by atoms with van der Waals surface area (Å²) >= 11 is 0. The van der Waals surface area contributed by atoms with Gasteiger partial charge in [0.15, 0.2) is 11.5 Å². The standard InChI is InChI=1S/C12H16O3/c1-15-12-6-8-4-2-3-5-10(13)9(8)7-11(12)14/h6-7,10,13-14H,2-5H2,1H3/t10-/m1/s1. The molecule has 0 aromatic heterocycles. The zero-order valence-electron chi connectivity index (χ0n) is 8.86.